The summed E-state index contributed by atoms with van der Waals surface area (Å²) in [4.78, 5) is 29.0. The smallest absolute Gasteiger partial charge is 0.230 e. The molecular weight excluding hydrogens is 314 g/mol. The second kappa shape index (κ2) is 7.56. The molecule has 136 valence electrons. The molecule has 0 radical (unpaired) electrons. The van der Waals surface area contributed by atoms with Crippen molar-refractivity contribution in [2.75, 3.05) is 33.2 Å². The first kappa shape index (κ1) is 17.9. The van der Waals surface area contributed by atoms with E-state index < -0.39 is 5.41 Å². The molecule has 1 saturated carbocycles. The Morgan fingerprint density at radius 2 is 1.84 bits per heavy atom. The van der Waals surface area contributed by atoms with E-state index in [0.29, 0.717) is 38.5 Å². The lowest BCUT2D eigenvalue weighted by Crippen LogP contribution is -2.53. The highest BCUT2D eigenvalue weighted by molar-refractivity contribution is 5.88. The fraction of sp³-hybridized carbons (Fsp3) is 0.600. The summed E-state index contributed by atoms with van der Waals surface area (Å²) in [5.74, 6) is 0.194. The van der Waals surface area contributed by atoms with Gasteiger partial charge < -0.3 is 15.1 Å². The zero-order chi connectivity index (χ0) is 17.9. The zero-order valence-corrected chi connectivity index (χ0v) is 15.3. The molecule has 1 aromatic carbocycles. The van der Waals surface area contributed by atoms with Crippen LogP contribution < -0.4 is 5.32 Å². The monoisotopic (exact) mass is 343 g/mol. The van der Waals surface area contributed by atoms with Gasteiger partial charge in [-0.15, -0.1) is 0 Å². The maximum Gasteiger partial charge on any atom is 0.230 e. The predicted octanol–water partition coefficient (Wildman–Crippen LogP) is 1.78. The Hall–Kier alpha value is -1.88. The summed E-state index contributed by atoms with van der Waals surface area (Å²) in [5.41, 5.74) is 0.539. The average molecular weight is 343 g/mol. The molecule has 1 saturated heterocycles. The Bertz CT molecular complexity index is 605. The number of nitrogens with one attached hydrogen (secondary N) is 1. The van der Waals surface area contributed by atoms with Crippen molar-refractivity contribution in [1.29, 1.82) is 0 Å². The van der Waals surface area contributed by atoms with Crippen LogP contribution >= 0.6 is 0 Å². The van der Waals surface area contributed by atoms with Crippen molar-refractivity contribution >= 4 is 11.8 Å². The van der Waals surface area contributed by atoms with Gasteiger partial charge in [0, 0.05) is 39.1 Å². The van der Waals surface area contributed by atoms with Crippen LogP contribution in [0, 0.1) is 0 Å². The Morgan fingerprint density at radius 1 is 1.20 bits per heavy atom. The Morgan fingerprint density at radius 3 is 2.40 bits per heavy atom. The van der Waals surface area contributed by atoms with Crippen LogP contribution in [-0.2, 0) is 15.0 Å². The molecule has 2 amide bonds. The average Bonchev–Trinajstić information content (AvgIpc) is 3.47. The van der Waals surface area contributed by atoms with Crippen LogP contribution in [0.2, 0.25) is 0 Å². The number of rotatable bonds is 6. The fourth-order valence-corrected chi connectivity index (χ4v) is 3.82. The highest BCUT2D eigenvalue weighted by Gasteiger charge is 2.43. The topological polar surface area (TPSA) is 52.7 Å². The van der Waals surface area contributed by atoms with Crippen LogP contribution in [0.5, 0.6) is 0 Å². The second-order valence-corrected chi connectivity index (χ2v) is 7.42. The summed E-state index contributed by atoms with van der Waals surface area (Å²) in [7, 11) is 2.13. The molecule has 2 aliphatic rings. The molecule has 5 heteroatoms. The molecule has 0 spiro atoms. The van der Waals surface area contributed by atoms with Crippen molar-refractivity contribution in [2.45, 2.75) is 44.1 Å². The standard InChI is InChI=1S/C20H29N3O2/c1-16(24)23-13-10-20(11-14-23,17-6-4-3-5-7-17)19(25)21-12-15-22(2)18-8-9-18/h3-7,18H,8-15H2,1-2H3,(H,21,25). The van der Waals surface area contributed by atoms with Gasteiger partial charge in [-0.2, -0.15) is 0 Å². The highest BCUT2D eigenvalue weighted by atomic mass is 16.2. The molecule has 2 fully saturated rings. The van der Waals surface area contributed by atoms with Crippen LogP contribution in [0.1, 0.15) is 38.2 Å². The molecule has 5 nitrogen and oxygen atoms in total. The first-order chi connectivity index (χ1) is 12.0. The van der Waals surface area contributed by atoms with E-state index in [2.05, 4.69) is 17.3 Å². The van der Waals surface area contributed by atoms with Crippen LogP contribution in [-0.4, -0.2) is 60.9 Å². The van der Waals surface area contributed by atoms with Crippen molar-refractivity contribution in [1.82, 2.24) is 15.1 Å². The number of likely N-dealkylation sites (tertiary alicyclic amines) is 1. The minimum absolute atomic E-state index is 0.0909. The lowest BCUT2D eigenvalue weighted by atomic mass is 9.72. The molecule has 1 aromatic rings. The van der Waals surface area contributed by atoms with Crippen molar-refractivity contribution in [3.05, 3.63) is 35.9 Å². The molecule has 3 rings (SSSR count). The summed E-state index contributed by atoms with van der Waals surface area (Å²) in [6.07, 6.45) is 3.92. The van der Waals surface area contributed by atoms with E-state index in [4.69, 9.17) is 0 Å². The second-order valence-electron chi connectivity index (χ2n) is 7.42. The Balaban J connectivity index is 1.68. The van der Waals surface area contributed by atoms with Gasteiger partial charge in [0.25, 0.3) is 0 Å². The van der Waals surface area contributed by atoms with Crippen LogP contribution in [0.3, 0.4) is 0 Å². The largest absolute Gasteiger partial charge is 0.354 e. The third-order valence-corrected chi connectivity index (χ3v) is 5.74. The number of hydrogen-bond donors (Lipinski definition) is 1. The van der Waals surface area contributed by atoms with Gasteiger partial charge in [-0.25, -0.2) is 0 Å². The number of benzene rings is 1. The number of nitrogens with zero attached hydrogens (tertiary/aromatic N) is 2. The number of piperidine rings is 1. The first-order valence-electron chi connectivity index (χ1n) is 9.32. The third kappa shape index (κ3) is 4.03. The van der Waals surface area contributed by atoms with Gasteiger partial charge in [0.2, 0.25) is 11.8 Å². The van der Waals surface area contributed by atoms with Gasteiger partial charge in [0.1, 0.15) is 0 Å². The molecule has 1 aliphatic heterocycles. The number of likely N-dealkylation sites (N-methyl/N-ethyl adjacent to an activating group) is 1. The van der Waals surface area contributed by atoms with Crippen molar-refractivity contribution in [2.24, 2.45) is 0 Å². The van der Waals surface area contributed by atoms with Crippen LogP contribution in [0.15, 0.2) is 30.3 Å². The predicted molar refractivity (Wildman–Crippen MR) is 98.3 cm³/mol. The van der Waals surface area contributed by atoms with Crippen LogP contribution in [0.4, 0.5) is 0 Å². The quantitative estimate of drug-likeness (QED) is 0.857. The highest BCUT2D eigenvalue weighted by Crippen LogP contribution is 2.36. The van der Waals surface area contributed by atoms with Gasteiger partial charge in [-0.05, 0) is 38.3 Å². The van der Waals surface area contributed by atoms with E-state index in [-0.39, 0.29) is 11.8 Å². The Labute approximate surface area is 150 Å². The molecular formula is C20H29N3O2. The maximum absolute atomic E-state index is 13.1. The van der Waals surface area contributed by atoms with E-state index in [1.54, 1.807) is 6.92 Å². The van der Waals surface area contributed by atoms with Crippen molar-refractivity contribution < 1.29 is 9.59 Å². The molecule has 1 heterocycles. The molecule has 0 bridgehead atoms. The van der Waals surface area contributed by atoms with Crippen molar-refractivity contribution in [3.8, 4) is 0 Å². The third-order valence-electron chi connectivity index (χ3n) is 5.74. The zero-order valence-electron chi connectivity index (χ0n) is 15.3. The van der Waals surface area contributed by atoms with E-state index in [0.717, 1.165) is 12.1 Å². The fourth-order valence-electron chi connectivity index (χ4n) is 3.82. The van der Waals surface area contributed by atoms with E-state index in [9.17, 15) is 9.59 Å². The molecule has 0 aromatic heterocycles. The van der Waals surface area contributed by atoms with Gasteiger partial charge in [0.05, 0.1) is 5.41 Å². The number of carbonyl (C=O) groups excluding carboxylic acids is 2. The first-order valence-corrected chi connectivity index (χ1v) is 9.32. The van der Waals surface area contributed by atoms with Crippen molar-refractivity contribution in [3.63, 3.8) is 0 Å². The van der Waals surface area contributed by atoms with Gasteiger partial charge >= 0.3 is 0 Å². The molecule has 0 unspecified atom stereocenters. The van der Waals surface area contributed by atoms with Gasteiger partial charge in [-0.3, -0.25) is 9.59 Å². The summed E-state index contributed by atoms with van der Waals surface area (Å²) in [6, 6.07) is 10.7. The minimum Gasteiger partial charge on any atom is -0.354 e. The van der Waals surface area contributed by atoms with E-state index in [1.165, 1.54) is 12.8 Å². The SMILES string of the molecule is CC(=O)N1CCC(C(=O)NCCN(C)C2CC2)(c2ccccc2)CC1. The summed E-state index contributed by atoms with van der Waals surface area (Å²) in [5, 5.41) is 3.17. The number of carbonyl (C=O) groups is 2. The van der Waals surface area contributed by atoms with Gasteiger partial charge in [-0.1, -0.05) is 30.3 Å². The molecule has 0 atom stereocenters. The maximum atomic E-state index is 13.1. The normalized spacial score (nSPS) is 19.7. The summed E-state index contributed by atoms with van der Waals surface area (Å²) in [6.45, 7) is 4.44. The van der Waals surface area contributed by atoms with Gasteiger partial charge in [0.15, 0.2) is 0 Å². The van der Waals surface area contributed by atoms with E-state index in [1.807, 2.05) is 35.2 Å². The lowest BCUT2D eigenvalue weighted by molar-refractivity contribution is -0.135. The summed E-state index contributed by atoms with van der Waals surface area (Å²) < 4.78 is 0. The minimum atomic E-state index is -0.522. The Kier molecular flexibility index (Phi) is 5.42. The summed E-state index contributed by atoms with van der Waals surface area (Å²) >= 11 is 0. The number of amides is 2. The lowest BCUT2D eigenvalue weighted by Gasteiger charge is -2.41. The van der Waals surface area contributed by atoms with Crippen LogP contribution in [0.25, 0.3) is 0 Å². The molecule has 25 heavy (non-hydrogen) atoms. The molecule has 1 N–H and O–H groups in total. The molecule has 1 aliphatic carbocycles. The number of hydrogen-bond acceptors (Lipinski definition) is 3. The van der Waals surface area contributed by atoms with E-state index >= 15 is 0 Å².